The zero-order valence-corrected chi connectivity index (χ0v) is 8.78. The number of ether oxygens (including phenoxy) is 1. The van der Waals surface area contributed by atoms with Gasteiger partial charge < -0.3 is 9.84 Å². The molecular formula is C12H13FO3. The van der Waals surface area contributed by atoms with Crippen LogP contribution in [0.5, 0.6) is 5.75 Å². The van der Waals surface area contributed by atoms with Crippen molar-refractivity contribution in [1.82, 2.24) is 0 Å². The van der Waals surface area contributed by atoms with Crippen molar-refractivity contribution >= 4 is 5.97 Å². The minimum Gasteiger partial charge on any atom is -0.508 e. The van der Waals surface area contributed by atoms with Crippen LogP contribution in [-0.2, 0) is 16.0 Å². The van der Waals surface area contributed by atoms with Crippen LogP contribution in [0.4, 0.5) is 4.39 Å². The monoisotopic (exact) mass is 224 g/mol. The van der Waals surface area contributed by atoms with Gasteiger partial charge >= 0.3 is 5.97 Å². The number of phenols is 1. The van der Waals surface area contributed by atoms with Gasteiger partial charge in [-0.05, 0) is 30.2 Å². The molecule has 3 nitrogen and oxygen atoms in total. The van der Waals surface area contributed by atoms with Gasteiger partial charge in [-0.1, -0.05) is 12.7 Å². The third-order valence-electron chi connectivity index (χ3n) is 1.99. The summed E-state index contributed by atoms with van der Waals surface area (Å²) >= 11 is 0. The molecule has 0 unspecified atom stereocenters. The zero-order valence-electron chi connectivity index (χ0n) is 8.78. The van der Waals surface area contributed by atoms with Crippen LogP contribution in [0.2, 0.25) is 0 Å². The smallest absolute Gasteiger partial charge is 0.306 e. The molecule has 0 saturated heterocycles. The average molecular weight is 224 g/mol. The number of aryl methyl sites for hydroxylation is 1. The number of esters is 1. The topological polar surface area (TPSA) is 46.5 Å². The highest BCUT2D eigenvalue weighted by Crippen LogP contribution is 2.16. The van der Waals surface area contributed by atoms with Gasteiger partial charge in [0.2, 0.25) is 0 Å². The molecule has 0 spiro atoms. The fraction of sp³-hybridized carbons (Fsp3) is 0.250. The van der Waals surface area contributed by atoms with E-state index in [1.54, 1.807) is 0 Å². The summed E-state index contributed by atoms with van der Waals surface area (Å²) in [5, 5.41) is 9.15. The van der Waals surface area contributed by atoms with Crippen LogP contribution in [0.3, 0.4) is 0 Å². The van der Waals surface area contributed by atoms with E-state index in [0.717, 1.165) is 0 Å². The maximum Gasteiger partial charge on any atom is 0.306 e. The van der Waals surface area contributed by atoms with Crippen LogP contribution in [-0.4, -0.2) is 17.7 Å². The van der Waals surface area contributed by atoms with Crippen molar-refractivity contribution in [1.29, 1.82) is 0 Å². The van der Waals surface area contributed by atoms with E-state index >= 15 is 0 Å². The Morgan fingerprint density at radius 2 is 2.31 bits per heavy atom. The van der Waals surface area contributed by atoms with Crippen molar-refractivity contribution in [3.63, 3.8) is 0 Å². The molecule has 0 atom stereocenters. The summed E-state index contributed by atoms with van der Waals surface area (Å²) in [6.45, 7) is 3.56. The molecule has 1 rings (SSSR count). The molecule has 1 aromatic carbocycles. The van der Waals surface area contributed by atoms with E-state index in [1.165, 1.54) is 24.3 Å². The lowest BCUT2D eigenvalue weighted by Gasteiger charge is -2.04. The van der Waals surface area contributed by atoms with Crippen molar-refractivity contribution in [2.24, 2.45) is 0 Å². The van der Waals surface area contributed by atoms with Gasteiger partial charge in [-0.2, -0.15) is 0 Å². The van der Waals surface area contributed by atoms with Gasteiger partial charge in [-0.3, -0.25) is 4.79 Å². The largest absolute Gasteiger partial charge is 0.508 e. The van der Waals surface area contributed by atoms with E-state index in [2.05, 4.69) is 6.58 Å². The van der Waals surface area contributed by atoms with Gasteiger partial charge in [0.05, 0.1) is 0 Å². The molecule has 0 bridgehead atoms. The van der Waals surface area contributed by atoms with Crippen molar-refractivity contribution < 1.29 is 19.0 Å². The van der Waals surface area contributed by atoms with Crippen LogP contribution in [0.1, 0.15) is 12.0 Å². The highest BCUT2D eigenvalue weighted by molar-refractivity contribution is 5.69. The molecule has 0 aromatic heterocycles. The second-order valence-electron chi connectivity index (χ2n) is 3.25. The van der Waals surface area contributed by atoms with Crippen LogP contribution in [0.25, 0.3) is 0 Å². The Labute approximate surface area is 93.2 Å². The summed E-state index contributed by atoms with van der Waals surface area (Å²) < 4.78 is 17.9. The number of carbonyl (C=O) groups excluding carboxylic acids is 1. The molecular weight excluding hydrogens is 211 g/mol. The second kappa shape index (κ2) is 5.90. The lowest BCUT2D eigenvalue weighted by atomic mass is 10.1. The Morgan fingerprint density at radius 3 is 3.00 bits per heavy atom. The summed E-state index contributed by atoms with van der Waals surface area (Å²) in [6.07, 6.45) is 1.75. The fourth-order valence-electron chi connectivity index (χ4n) is 1.21. The number of hydrogen-bond acceptors (Lipinski definition) is 3. The second-order valence-corrected chi connectivity index (χ2v) is 3.25. The lowest BCUT2D eigenvalue weighted by Crippen LogP contribution is -2.06. The maximum absolute atomic E-state index is 13.2. The molecule has 1 aromatic rings. The number of aromatic hydroxyl groups is 1. The number of halogens is 1. The molecule has 0 radical (unpaired) electrons. The SMILES string of the molecule is C=CCOC(=O)CCc1cc(O)ccc1F. The van der Waals surface area contributed by atoms with E-state index in [0.29, 0.717) is 5.56 Å². The third-order valence-corrected chi connectivity index (χ3v) is 1.99. The summed E-state index contributed by atoms with van der Waals surface area (Å²) in [6, 6.07) is 3.73. The van der Waals surface area contributed by atoms with Crippen molar-refractivity contribution in [2.45, 2.75) is 12.8 Å². The number of benzene rings is 1. The molecule has 0 saturated carbocycles. The highest BCUT2D eigenvalue weighted by atomic mass is 19.1. The van der Waals surface area contributed by atoms with Crippen LogP contribution >= 0.6 is 0 Å². The highest BCUT2D eigenvalue weighted by Gasteiger charge is 2.07. The Hall–Kier alpha value is -1.84. The molecule has 16 heavy (non-hydrogen) atoms. The Morgan fingerprint density at radius 1 is 1.56 bits per heavy atom. The number of rotatable bonds is 5. The first-order valence-electron chi connectivity index (χ1n) is 4.87. The van der Waals surface area contributed by atoms with E-state index in [1.807, 2.05) is 0 Å². The molecule has 0 aliphatic rings. The Kier molecular flexibility index (Phi) is 4.51. The quantitative estimate of drug-likeness (QED) is 0.616. The van der Waals surface area contributed by atoms with Gasteiger partial charge in [0.1, 0.15) is 18.2 Å². The number of phenolic OH excluding ortho intramolecular Hbond substituents is 1. The standard InChI is InChI=1S/C12H13FO3/c1-2-7-16-12(15)6-3-9-8-10(14)4-5-11(9)13/h2,4-5,8,14H,1,3,6-7H2. The van der Waals surface area contributed by atoms with Gasteiger partial charge in [0.15, 0.2) is 0 Å². The first-order chi connectivity index (χ1) is 7.63. The van der Waals surface area contributed by atoms with Crippen LogP contribution < -0.4 is 0 Å². The minimum atomic E-state index is -0.436. The van der Waals surface area contributed by atoms with Crippen LogP contribution in [0, 0.1) is 5.82 Å². The summed E-state index contributed by atoms with van der Waals surface area (Å²) in [7, 11) is 0. The van der Waals surface area contributed by atoms with Gasteiger partial charge in [-0.15, -0.1) is 0 Å². The Balaban J connectivity index is 2.50. The molecule has 0 heterocycles. The first-order valence-corrected chi connectivity index (χ1v) is 4.87. The predicted octanol–water partition coefficient (Wildman–Crippen LogP) is 2.19. The van der Waals surface area contributed by atoms with Crippen molar-refractivity contribution in [2.75, 3.05) is 6.61 Å². The number of carbonyl (C=O) groups is 1. The van der Waals surface area contributed by atoms with Gasteiger partial charge in [-0.25, -0.2) is 4.39 Å². The molecule has 0 amide bonds. The summed E-state index contributed by atoms with van der Waals surface area (Å²) in [5.74, 6) is -0.868. The predicted molar refractivity (Wildman–Crippen MR) is 57.5 cm³/mol. The molecule has 86 valence electrons. The van der Waals surface area contributed by atoms with Gasteiger partial charge in [0, 0.05) is 6.42 Å². The molecule has 0 fully saturated rings. The normalized spacial score (nSPS) is 9.81. The zero-order chi connectivity index (χ0) is 12.0. The maximum atomic E-state index is 13.2. The third kappa shape index (κ3) is 3.73. The summed E-state index contributed by atoms with van der Waals surface area (Å²) in [4.78, 5) is 11.1. The van der Waals surface area contributed by atoms with Crippen LogP contribution in [0.15, 0.2) is 30.9 Å². The first kappa shape index (κ1) is 12.2. The Bertz CT molecular complexity index is 388. The minimum absolute atomic E-state index is 0.0177. The van der Waals surface area contributed by atoms with E-state index in [-0.39, 0.29) is 25.2 Å². The van der Waals surface area contributed by atoms with Crippen molar-refractivity contribution in [3.8, 4) is 5.75 Å². The van der Waals surface area contributed by atoms with Gasteiger partial charge in [0.25, 0.3) is 0 Å². The lowest BCUT2D eigenvalue weighted by molar-refractivity contribution is -0.142. The molecule has 0 aliphatic heterocycles. The molecule has 4 heteroatoms. The number of hydrogen-bond donors (Lipinski definition) is 1. The average Bonchev–Trinajstić information content (AvgIpc) is 2.27. The fourth-order valence-corrected chi connectivity index (χ4v) is 1.21. The molecule has 0 aliphatic carbocycles. The van der Waals surface area contributed by atoms with E-state index < -0.39 is 11.8 Å². The summed E-state index contributed by atoms with van der Waals surface area (Å²) in [5.41, 5.74) is 0.301. The molecule has 1 N–H and O–H groups in total. The van der Waals surface area contributed by atoms with E-state index in [4.69, 9.17) is 9.84 Å². The van der Waals surface area contributed by atoms with Crippen molar-refractivity contribution in [3.05, 3.63) is 42.2 Å². The van der Waals surface area contributed by atoms with E-state index in [9.17, 15) is 9.18 Å².